The Balaban J connectivity index is 0.666. The van der Waals surface area contributed by atoms with Crippen molar-refractivity contribution in [1.82, 2.24) is 9.80 Å². The van der Waals surface area contributed by atoms with Crippen LogP contribution in [0.2, 0.25) is 0 Å². The maximum absolute atomic E-state index is 13.4. The van der Waals surface area contributed by atoms with Crippen LogP contribution in [0.15, 0.2) is 24.3 Å². The van der Waals surface area contributed by atoms with E-state index in [4.69, 9.17) is 28.4 Å². The van der Waals surface area contributed by atoms with Crippen molar-refractivity contribution < 1.29 is 57.8 Å². The summed E-state index contributed by atoms with van der Waals surface area (Å²) >= 11 is 0. The van der Waals surface area contributed by atoms with E-state index in [2.05, 4.69) is 9.80 Å². The number of likely N-dealkylation sites (tertiary alicyclic amines) is 2. The van der Waals surface area contributed by atoms with Crippen molar-refractivity contribution in [3.8, 4) is 23.0 Å². The van der Waals surface area contributed by atoms with E-state index in [1.807, 2.05) is 12.1 Å². The van der Waals surface area contributed by atoms with Crippen LogP contribution in [0.3, 0.4) is 0 Å². The molecule has 6 fully saturated rings. The summed E-state index contributed by atoms with van der Waals surface area (Å²) in [5.41, 5.74) is -0.243. The van der Waals surface area contributed by atoms with Crippen molar-refractivity contribution in [1.29, 1.82) is 0 Å². The molecule has 2 saturated heterocycles. The minimum atomic E-state index is -1.11. The molecule has 6 aliphatic carbocycles. The fourth-order valence-corrected chi connectivity index (χ4v) is 13.4. The topological polar surface area (TPSA) is 171 Å². The standard InChI is InChI=1S/C46H52N2O12/c49-29-9-11-45(53)33-19-27-5-7-31(39-37(27)43(45,41(29)59-39)13-15-47(33)21-25-1-2-25)57-35(51)23-55-17-18-56-24-36(52)58-32-8-6-28-20-34-46(54)12-10-30(50)42-44(46,38(28)40(32)60-42)14-16-48(34)22-26-3-4-26/h5-8,25-26,33-34,41-42,53-54H,1-4,9-24H2/t33-,34-,41+,42+,43+,44+,45-,46-/m1/s1. The van der Waals surface area contributed by atoms with Gasteiger partial charge in [0, 0.05) is 49.1 Å². The van der Waals surface area contributed by atoms with Crippen molar-refractivity contribution in [2.45, 2.75) is 123 Å². The van der Waals surface area contributed by atoms with Gasteiger partial charge in [0.05, 0.1) is 35.2 Å². The molecule has 2 aromatic carbocycles. The number of hydrogen-bond acceptors (Lipinski definition) is 14. The number of piperidine rings is 2. The number of nitrogens with zero attached hydrogens (tertiary/aromatic N) is 2. The number of esters is 2. The van der Waals surface area contributed by atoms with Gasteiger partial charge in [-0.3, -0.25) is 19.4 Å². The summed E-state index contributed by atoms with van der Waals surface area (Å²) in [5.74, 6) is 1.15. The lowest BCUT2D eigenvalue weighted by Gasteiger charge is -2.62. The number of carbonyl (C=O) groups is 4. The largest absolute Gasteiger partial charge is 0.477 e. The summed E-state index contributed by atoms with van der Waals surface area (Å²) in [6.07, 6.45) is 7.07. The zero-order valence-electron chi connectivity index (χ0n) is 33.8. The lowest BCUT2D eigenvalue weighted by atomic mass is 9.49. The number of hydrogen-bond donors (Lipinski definition) is 2. The van der Waals surface area contributed by atoms with Gasteiger partial charge in [0.2, 0.25) is 0 Å². The van der Waals surface area contributed by atoms with Crippen molar-refractivity contribution in [3.63, 3.8) is 0 Å². The Morgan fingerprint density at radius 2 is 1.08 bits per heavy atom. The third kappa shape index (κ3) is 5.21. The number of aliphatic hydroxyl groups is 2. The average molecular weight is 825 g/mol. The second-order valence-corrected chi connectivity index (χ2v) is 19.4. The van der Waals surface area contributed by atoms with E-state index in [1.54, 1.807) is 12.1 Å². The van der Waals surface area contributed by atoms with E-state index in [9.17, 15) is 29.4 Å². The first-order chi connectivity index (χ1) is 29.0. The highest BCUT2D eigenvalue weighted by atomic mass is 16.6. The molecule has 2 N–H and O–H groups in total. The molecule has 4 saturated carbocycles. The molecule has 14 heteroatoms. The number of rotatable bonds is 13. The predicted molar refractivity (Wildman–Crippen MR) is 209 cm³/mol. The summed E-state index contributed by atoms with van der Waals surface area (Å²) in [7, 11) is 0. The lowest BCUT2D eigenvalue weighted by molar-refractivity contribution is -0.188. The Morgan fingerprint density at radius 3 is 1.50 bits per heavy atom. The van der Waals surface area contributed by atoms with Crippen LogP contribution >= 0.6 is 0 Å². The zero-order chi connectivity index (χ0) is 40.8. The summed E-state index contributed by atoms with van der Waals surface area (Å²) in [5, 5.41) is 25.0. The Labute approximate surface area is 347 Å². The molecule has 0 amide bonds. The highest BCUT2D eigenvalue weighted by Gasteiger charge is 2.75. The number of benzene rings is 2. The van der Waals surface area contributed by atoms with Crippen LogP contribution in [0.4, 0.5) is 0 Å². The monoisotopic (exact) mass is 824 g/mol. The lowest BCUT2D eigenvalue weighted by Crippen LogP contribution is -2.76. The highest BCUT2D eigenvalue weighted by Crippen LogP contribution is 2.67. The van der Waals surface area contributed by atoms with E-state index in [0.29, 0.717) is 61.9 Å². The predicted octanol–water partition coefficient (Wildman–Crippen LogP) is 2.50. The number of carbonyl (C=O) groups excluding carboxylic acids is 4. The van der Waals surface area contributed by atoms with Crippen LogP contribution in [0.25, 0.3) is 0 Å². The molecule has 10 aliphatic rings. The molecule has 0 aromatic heterocycles. The van der Waals surface area contributed by atoms with Gasteiger partial charge < -0.3 is 38.6 Å². The first-order valence-electron chi connectivity index (χ1n) is 22.3. The second kappa shape index (κ2) is 13.3. The maximum Gasteiger partial charge on any atom is 0.337 e. The molecule has 8 atom stereocenters. The van der Waals surface area contributed by atoms with Gasteiger partial charge in [0.25, 0.3) is 0 Å². The van der Waals surface area contributed by atoms with Crippen molar-refractivity contribution in [3.05, 3.63) is 46.5 Å². The Hall–Kier alpha value is -3.92. The highest BCUT2D eigenvalue weighted by molar-refractivity contribution is 5.91. The third-order valence-corrected chi connectivity index (χ3v) is 16.3. The summed E-state index contributed by atoms with van der Waals surface area (Å²) in [6, 6.07) is 7.13. The molecule has 60 heavy (non-hydrogen) atoms. The molecule has 2 aromatic rings. The molecule has 4 aliphatic heterocycles. The van der Waals surface area contributed by atoms with Crippen LogP contribution in [-0.2, 0) is 52.3 Å². The SMILES string of the molecule is O=C(COCCOCC(=O)Oc1ccc2c3c1O[C@H]1C(=O)CC[C@@]4(O)[C@@H](C2)N(CC2CC2)CC[C@]314)Oc1ccc2c3c1O[C@H]1C(=O)CC[C@@]4(O)[C@@H](C2)N(CC2CC2)CC[C@]314. The molecule has 14 nitrogen and oxygen atoms in total. The van der Waals surface area contributed by atoms with E-state index < -0.39 is 46.2 Å². The van der Waals surface area contributed by atoms with Gasteiger partial charge in [0.15, 0.2) is 46.8 Å². The van der Waals surface area contributed by atoms with E-state index in [-0.39, 0.29) is 74.4 Å². The molecule has 0 radical (unpaired) electrons. The quantitative estimate of drug-likeness (QED) is 0.172. The van der Waals surface area contributed by atoms with Gasteiger partial charge in [-0.25, -0.2) is 9.59 Å². The van der Waals surface area contributed by atoms with E-state index in [0.717, 1.165) is 48.4 Å². The minimum Gasteiger partial charge on any atom is -0.477 e. The van der Waals surface area contributed by atoms with Crippen LogP contribution < -0.4 is 18.9 Å². The Kier molecular flexibility index (Phi) is 8.38. The smallest absolute Gasteiger partial charge is 0.337 e. The van der Waals surface area contributed by atoms with Crippen LogP contribution in [0, 0.1) is 11.8 Å². The molecule has 2 spiro atoms. The van der Waals surface area contributed by atoms with Crippen molar-refractivity contribution in [2.24, 2.45) is 11.8 Å². The normalized spacial score (nSPS) is 36.6. The Morgan fingerprint density at radius 1 is 0.650 bits per heavy atom. The van der Waals surface area contributed by atoms with E-state index in [1.165, 1.54) is 25.7 Å². The number of ketones is 2. The van der Waals surface area contributed by atoms with Gasteiger partial charge in [-0.15, -0.1) is 0 Å². The molecule has 318 valence electrons. The molecular weight excluding hydrogens is 773 g/mol. The van der Waals surface area contributed by atoms with Gasteiger partial charge in [-0.1, -0.05) is 12.1 Å². The van der Waals surface area contributed by atoms with Gasteiger partial charge in [-0.2, -0.15) is 0 Å². The van der Waals surface area contributed by atoms with Crippen molar-refractivity contribution >= 4 is 23.5 Å². The fourth-order valence-electron chi connectivity index (χ4n) is 13.4. The summed E-state index contributed by atoms with van der Waals surface area (Å²) in [4.78, 5) is 57.7. The Bertz CT molecular complexity index is 2070. The third-order valence-electron chi connectivity index (χ3n) is 16.3. The summed E-state index contributed by atoms with van der Waals surface area (Å²) in [6.45, 7) is 2.73. The number of Topliss-reactive ketones (excluding diaryl/α,β-unsaturated/α-hetero) is 2. The van der Waals surface area contributed by atoms with Gasteiger partial charge in [0.1, 0.15) is 13.2 Å². The molecule has 12 rings (SSSR count). The van der Waals surface area contributed by atoms with Crippen LogP contribution in [0.1, 0.15) is 86.5 Å². The van der Waals surface area contributed by atoms with Crippen LogP contribution in [0.5, 0.6) is 23.0 Å². The molecule has 4 bridgehead atoms. The maximum atomic E-state index is 13.4. The minimum absolute atomic E-state index is 0.00157. The first kappa shape index (κ1) is 37.8. The van der Waals surface area contributed by atoms with Gasteiger partial charge >= 0.3 is 11.9 Å². The second-order valence-electron chi connectivity index (χ2n) is 19.4. The summed E-state index contributed by atoms with van der Waals surface area (Å²) < 4.78 is 35.4. The van der Waals surface area contributed by atoms with Crippen molar-refractivity contribution in [2.75, 3.05) is 52.6 Å². The molecular formula is C46H52N2O12. The first-order valence-corrected chi connectivity index (χ1v) is 22.3. The van der Waals surface area contributed by atoms with Gasteiger partial charge in [-0.05, 0) is 112 Å². The van der Waals surface area contributed by atoms with E-state index >= 15 is 0 Å². The van der Waals surface area contributed by atoms with Crippen LogP contribution in [-0.4, -0.2) is 132 Å². The molecule has 0 unspecified atom stereocenters. The number of ether oxygens (including phenoxy) is 6. The fraction of sp³-hybridized carbons (Fsp3) is 0.652. The zero-order valence-corrected chi connectivity index (χ0v) is 33.8. The molecule has 4 heterocycles. The average Bonchev–Trinajstić information content (AvgIpc) is 4.16.